The van der Waals surface area contributed by atoms with Crippen molar-refractivity contribution in [1.82, 2.24) is 15.3 Å². The third-order valence-corrected chi connectivity index (χ3v) is 2.60. The number of aromatic amines is 1. The van der Waals surface area contributed by atoms with Crippen molar-refractivity contribution >= 4 is 5.91 Å². The van der Waals surface area contributed by atoms with Crippen LogP contribution in [0.4, 0.5) is 0 Å². The second-order valence-corrected chi connectivity index (χ2v) is 3.55. The van der Waals surface area contributed by atoms with Gasteiger partial charge in [0, 0.05) is 13.3 Å². The summed E-state index contributed by atoms with van der Waals surface area (Å²) in [6, 6.07) is 0. The van der Waals surface area contributed by atoms with Crippen LogP contribution >= 0.6 is 0 Å². The highest BCUT2D eigenvalue weighted by Crippen LogP contribution is 2.13. The lowest BCUT2D eigenvalue weighted by atomic mass is 10.0. The zero-order valence-electron chi connectivity index (χ0n) is 9.33. The Bertz CT molecular complexity index is 304. The number of nitrogens with zero attached hydrogens (tertiary/aromatic N) is 1. The molecule has 0 aliphatic rings. The summed E-state index contributed by atoms with van der Waals surface area (Å²) in [5.41, 5.74) is 0.123. The predicted octanol–water partition coefficient (Wildman–Crippen LogP) is 0.841. The molecule has 0 saturated carbocycles. The molecule has 1 rings (SSSR count). The Morgan fingerprint density at radius 1 is 1.73 bits per heavy atom. The summed E-state index contributed by atoms with van der Waals surface area (Å²) >= 11 is 0. The minimum Gasteiger partial charge on any atom is -0.369 e. The van der Waals surface area contributed by atoms with Gasteiger partial charge in [-0.1, -0.05) is 6.92 Å². The standard InChI is InChI=1S/C10H17N3O2/c1-4-10(2,15-3)9(14)12-6-8-5-11-7-13-8/h5,7H,4,6H2,1-3H3,(H,11,13)(H,12,14). The molecule has 1 aromatic heterocycles. The number of H-pyrrole nitrogens is 1. The molecule has 5 nitrogen and oxygen atoms in total. The molecule has 84 valence electrons. The number of amides is 1. The van der Waals surface area contributed by atoms with Crippen LogP contribution in [0.3, 0.4) is 0 Å². The Labute approximate surface area is 89.2 Å². The van der Waals surface area contributed by atoms with Crippen LogP contribution in [0.5, 0.6) is 0 Å². The first-order valence-electron chi connectivity index (χ1n) is 4.93. The summed E-state index contributed by atoms with van der Waals surface area (Å²) in [7, 11) is 1.54. The molecule has 0 aliphatic heterocycles. The molecule has 0 spiro atoms. The van der Waals surface area contributed by atoms with Crippen molar-refractivity contribution in [3.05, 3.63) is 18.2 Å². The fourth-order valence-electron chi connectivity index (χ4n) is 1.14. The molecule has 2 N–H and O–H groups in total. The molecule has 0 aliphatic carbocycles. The van der Waals surface area contributed by atoms with Crippen LogP contribution in [0.15, 0.2) is 12.5 Å². The molecule has 1 heterocycles. The Hall–Kier alpha value is -1.36. The summed E-state index contributed by atoms with van der Waals surface area (Å²) in [5.74, 6) is -0.109. The second kappa shape index (κ2) is 4.93. The van der Waals surface area contributed by atoms with Crippen molar-refractivity contribution in [3.8, 4) is 0 Å². The van der Waals surface area contributed by atoms with Gasteiger partial charge in [-0.25, -0.2) is 4.98 Å². The van der Waals surface area contributed by atoms with Gasteiger partial charge in [0.1, 0.15) is 5.60 Å². The number of rotatable bonds is 5. The third kappa shape index (κ3) is 2.79. The summed E-state index contributed by atoms with van der Waals surface area (Å²) in [5, 5.41) is 2.79. The number of nitrogens with one attached hydrogen (secondary N) is 2. The molecule has 1 amide bonds. The van der Waals surface area contributed by atoms with Crippen LogP contribution in [0.2, 0.25) is 0 Å². The van der Waals surface area contributed by atoms with E-state index in [1.165, 1.54) is 0 Å². The van der Waals surface area contributed by atoms with Crippen LogP contribution in [0.25, 0.3) is 0 Å². The molecule has 1 atom stereocenters. The topological polar surface area (TPSA) is 67.0 Å². The van der Waals surface area contributed by atoms with Gasteiger partial charge in [0.2, 0.25) is 0 Å². The van der Waals surface area contributed by atoms with E-state index in [4.69, 9.17) is 4.74 Å². The summed E-state index contributed by atoms with van der Waals surface area (Å²) in [6.45, 7) is 4.13. The fraction of sp³-hybridized carbons (Fsp3) is 0.600. The minimum absolute atomic E-state index is 0.109. The van der Waals surface area contributed by atoms with Crippen LogP contribution < -0.4 is 5.32 Å². The quantitative estimate of drug-likeness (QED) is 0.758. The molecule has 1 unspecified atom stereocenters. The second-order valence-electron chi connectivity index (χ2n) is 3.55. The van der Waals surface area contributed by atoms with E-state index in [9.17, 15) is 4.79 Å². The maximum Gasteiger partial charge on any atom is 0.252 e. The number of methoxy groups -OCH3 is 1. The highest BCUT2D eigenvalue weighted by Gasteiger charge is 2.30. The van der Waals surface area contributed by atoms with Crippen molar-refractivity contribution in [2.24, 2.45) is 0 Å². The largest absolute Gasteiger partial charge is 0.369 e. The normalized spacial score (nSPS) is 14.6. The highest BCUT2D eigenvalue weighted by molar-refractivity contribution is 5.84. The van der Waals surface area contributed by atoms with Gasteiger partial charge in [0.05, 0.1) is 18.6 Å². The lowest BCUT2D eigenvalue weighted by Crippen LogP contribution is -2.45. The minimum atomic E-state index is -0.750. The molecule has 0 aromatic carbocycles. The van der Waals surface area contributed by atoms with Gasteiger partial charge >= 0.3 is 0 Å². The van der Waals surface area contributed by atoms with E-state index in [-0.39, 0.29) is 5.91 Å². The van der Waals surface area contributed by atoms with E-state index in [0.717, 1.165) is 5.69 Å². The zero-order chi connectivity index (χ0) is 11.3. The summed E-state index contributed by atoms with van der Waals surface area (Å²) in [6.07, 6.45) is 3.89. The lowest BCUT2D eigenvalue weighted by Gasteiger charge is -2.24. The van der Waals surface area contributed by atoms with Crippen LogP contribution in [0.1, 0.15) is 26.0 Å². The van der Waals surface area contributed by atoms with Gasteiger partial charge < -0.3 is 15.0 Å². The Morgan fingerprint density at radius 2 is 2.47 bits per heavy atom. The Balaban J connectivity index is 2.48. The third-order valence-electron chi connectivity index (χ3n) is 2.60. The van der Waals surface area contributed by atoms with Gasteiger partial charge in [-0.05, 0) is 13.3 Å². The van der Waals surface area contributed by atoms with Gasteiger partial charge in [-0.2, -0.15) is 0 Å². The van der Waals surface area contributed by atoms with Crippen LogP contribution in [-0.2, 0) is 16.1 Å². The van der Waals surface area contributed by atoms with Crippen molar-refractivity contribution in [2.45, 2.75) is 32.4 Å². The predicted molar refractivity (Wildman–Crippen MR) is 56.1 cm³/mol. The van der Waals surface area contributed by atoms with Gasteiger partial charge in [0.25, 0.3) is 5.91 Å². The first-order chi connectivity index (χ1) is 7.12. The maximum absolute atomic E-state index is 11.8. The highest BCUT2D eigenvalue weighted by atomic mass is 16.5. The fourth-order valence-corrected chi connectivity index (χ4v) is 1.14. The Kier molecular flexibility index (Phi) is 3.85. The van der Waals surface area contributed by atoms with Gasteiger partial charge in [0.15, 0.2) is 0 Å². The van der Waals surface area contributed by atoms with Crippen LogP contribution in [0, 0.1) is 0 Å². The Morgan fingerprint density at radius 3 is 2.93 bits per heavy atom. The molecule has 0 fully saturated rings. The number of aromatic nitrogens is 2. The van der Waals surface area contributed by atoms with E-state index >= 15 is 0 Å². The zero-order valence-corrected chi connectivity index (χ0v) is 9.33. The number of hydrogen-bond donors (Lipinski definition) is 2. The first kappa shape index (κ1) is 11.7. The molecule has 1 aromatic rings. The van der Waals surface area contributed by atoms with Crippen molar-refractivity contribution in [3.63, 3.8) is 0 Å². The monoisotopic (exact) mass is 211 g/mol. The number of carbonyl (C=O) groups is 1. The lowest BCUT2D eigenvalue weighted by molar-refractivity contribution is -0.142. The van der Waals surface area contributed by atoms with Crippen molar-refractivity contribution in [2.75, 3.05) is 7.11 Å². The maximum atomic E-state index is 11.8. The number of hydrogen-bond acceptors (Lipinski definition) is 3. The molecular weight excluding hydrogens is 194 g/mol. The molecule has 5 heteroatoms. The number of carbonyl (C=O) groups excluding carboxylic acids is 1. The summed E-state index contributed by atoms with van der Waals surface area (Å²) in [4.78, 5) is 18.5. The molecule has 0 saturated heterocycles. The number of imidazole rings is 1. The van der Waals surface area contributed by atoms with Crippen molar-refractivity contribution in [1.29, 1.82) is 0 Å². The average Bonchev–Trinajstić information content (AvgIpc) is 2.77. The van der Waals surface area contributed by atoms with Gasteiger partial charge in [-0.3, -0.25) is 4.79 Å². The van der Waals surface area contributed by atoms with Crippen LogP contribution in [-0.4, -0.2) is 28.6 Å². The van der Waals surface area contributed by atoms with Crippen molar-refractivity contribution < 1.29 is 9.53 Å². The van der Waals surface area contributed by atoms with E-state index < -0.39 is 5.60 Å². The first-order valence-corrected chi connectivity index (χ1v) is 4.93. The molecule has 0 radical (unpaired) electrons. The molecular formula is C10H17N3O2. The van der Waals surface area contributed by atoms with E-state index in [0.29, 0.717) is 13.0 Å². The SMILES string of the molecule is CCC(C)(OC)C(=O)NCc1cnc[nH]1. The molecule has 0 bridgehead atoms. The average molecular weight is 211 g/mol. The summed E-state index contributed by atoms with van der Waals surface area (Å²) < 4.78 is 5.18. The smallest absolute Gasteiger partial charge is 0.252 e. The number of ether oxygens (including phenoxy) is 1. The van der Waals surface area contributed by atoms with Gasteiger partial charge in [-0.15, -0.1) is 0 Å². The van der Waals surface area contributed by atoms with E-state index in [2.05, 4.69) is 15.3 Å². The van der Waals surface area contributed by atoms with E-state index in [1.807, 2.05) is 6.92 Å². The molecule has 15 heavy (non-hydrogen) atoms. The van der Waals surface area contributed by atoms with E-state index in [1.54, 1.807) is 26.6 Å².